The van der Waals surface area contributed by atoms with Crippen LogP contribution in [0.2, 0.25) is 0 Å². The molecule has 8 nitrogen and oxygen atoms in total. The first-order chi connectivity index (χ1) is 14.4. The van der Waals surface area contributed by atoms with E-state index in [1.54, 1.807) is 0 Å². The molecule has 8 heteroatoms. The number of hydrogen-bond donors (Lipinski definition) is 6. The molecular weight excluding hydrogens is 390 g/mol. The molecule has 30 heavy (non-hydrogen) atoms. The predicted molar refractivity (Wildman–Crippen MR) is 114 cm³/mol. The van der Waals surface area contributed by atoms with Crippen molar-refractivity contribution in [2.24, 2.45) is 0 Å². The second-order valence-corrected chi connectivity index (χ2v) is 8.49. The minimum absolute atomic E-state index is 0.186. The maximum atomic E-state index is 12.4. The van der Waals surface area contributed by atoms with Gasteiger partial charge in [0.05, 0.1) is 6.61 Å². The highest BCUT2D eigenvalue weighted by Gasteiger charge is 2.55. The van der Waals surface area contributed by atoms with Gasteiger partial charge in [0.1, 0.15) is 23.9 Å². The smallest absolute Gasteiger partial charge is 0.220 e. The average Bonchev–Trinajstić information content (AvgIpc) is 2.73. The molecule has 0 aromatic carbocycles. The number of rotatable bonds is 16. The predicted octanol–water partition coefficient (Wildman–Crippen LogP) is 1.36. The highest BCUT2D eigenvalue weighted by Crippen LogP contribution is 2.32. The number of aliphatic hydroxyl groups excluding tert-OH is 5. The minimum atomic E-state index is -1.71. The van der Waals surface area contributed by atoms with Gasteiger partial charge in [-0.15, -0.1) is 0 Å². The average molecular weight is 434 g/mol. The SMILES string of the molecule is CCCCCCCCCCCCCC(=O)NC1(CCO)[C@@H](O)O[C@H](CO)[C@@H](O)[C@@H]1O. The molecule has 1 heterocycles. The van der Waals surface area contributed by atoms with E-state index in [1.165, 1.54) is 44.9 Å². The van der Waals surface area contributed by atoms with E-state index >= 15 is 0 Å². The number of ether oxygens (including phenoxy) is 1. The number of carbonyl (C=O) groups excluding carboxylic acids is 1. The van der Waals surface area contributed by atoms with Crippen molar-refractivity contribution < 1.29 is 35.1 Å². The first-order valence-electron chi connectivity index (χ1n) is 11.6. The summed E-state index contributed by atoms with van der Waals surface area (Å²) in [4.78, 5) is 12.4. The number of unbranched alkanes of at least 4 members (excludes halogenated alkanes) is 10. The number of amides is 1. The maximum absolute atomic E-state index is 12.4. The monoisotopic (exact) mass is 433 g/mol. The number of nitrogens with one attached hydrogen (secondary N) is 1. The van der Waals surface area contributed by atoms with Gasteiger partial charge in [-0.3, -0.25) is 4.79 Å². The normalized spacial score (nSPS) is 29.1. The van der Waals surface area contributed by atoms with Crippen LogP contribution in [-0.2, 0) is 9.53 Å². The minimum Gasteiger partial charge on any atom is -0.396 e. The molecule has 0 aromatic rings. The third kappa shape index (κ3) is 8.40. The topological polar surface area (TPSA) is 139 Å². The fourth-order valence-corrected chi connectivity index (χ4v) is 4.10. The summed E-state index contributed by atoms with van der Waals surface area (Å²) in [6.45, 7) is 1.21. The van der Waals surface area contributed by atoms with E-state index in [9.17, 15) is 30.3 Å². The Bertz CT molecular complexity index is 465. The third-order valence-electron chi connectivity index (χ3n) is 6.06. The van der Waals surface area contributed by atoms with Gasteiger partial charge in [0.2, 0.25) is 5.91 Å². The zero-order chi connectivity index (χ0) is 22.4. The molecular formula is C22H43NO7. The Kier molecular flexibility index (Phi) is 13.7. The highest BCUT2D eigenvalue weighted by molar-refractivity contribution is 5.77. The Morgan fingerprint density at radius 3 is 1.93 bits per heavy atom. The van der Waals surface area contributed by atoms with Crippen molar-refractivity contribution in [2.45, 2.75) is 121 Å². The second kappa shape index (κ2) is 15.1. The summed E-state index contributed by atoms with van der Waals surface area (Å²) in [5, 5.41) is 52.1. The molecule has 178 valence electrons. The molecule has 0 aromatic heterocycles. The molecule has 1 rings (SSSR count). The van der Waals surface area contributed by atoms with Crippen molar-refractivity contribution in [2.75, 3.05) is 13.2 Å². The van der Waals surface area contributed by atoms with Crippen LogP contribution in [0.1, 0.15) is 90.4 Å². The molecule has 0 spiro atoms. The molecule has 1 fully saturated rings. The molecule has 0 aliphatic carbocycles. The fourth-order valence-electron chi connectivity index (χ4n) is 4.10. The molecule has 6 N–H and O–H groups in total. The van der Waals surface area contributed by atoms with E-state index in [0.29, 0.717) is 6.42 Å². The number of hydrogen-bond acceptors (Lipinski definition) is 7. The van der Waals surface area contributed by atoms with Gasteiger partial charge in [-0.05, 0) is 6.42 Å². The fraction of sp³-hybridized carbons (Fsp3) is 0.955. The Labute approximate surface area is 180 Å². The van der Waals surface area contributed by atoms with Gasteiger partial charge >= 0.3 is 0 Å². The largest absolute Gasteiger partial charge is 0.396 e. The summed E-state index contributed by atoms with van der Waals surface area (Å²) in [6.07, 6.45) is 7.01. The molecule has 0 bridgehead atoms. The van der Waals surface area contributed by atoms with Gasteiger partial charge in [0.15, 0.2) is 6.29 Å². The van der Waals surface area contributed by atoms with Crippen LogP contribution in [0, 0.1) is 0 Å². The van der Waals surface area contributed by atoms with Crippen molar-refractivity contribution in [3.63, 3.8) is 0 Å². The van der Waals surface area contributed by atoms with Crippen molar-refractivity contribution >= 4 is 5.91 Å². The number of carbonyl (C=O) groups is 1. The third-order valence-corrected chi connectivity index (χ3v) is 6.06. The molecule has 1 unspecified atom stereocenters. The molecule has 0 saturated carbocycles. The Balaban J connectivity index is 2.32. The van der Waals surface area contributed by atoms with Crippen LogP contribution < -0.4 is 5.32 Å². The summed E-state index contributed by atoms with van der Waals surface area (Å²) in [6, 6.07) is 0. The van der Waals surface area contributed by atoms with Gasteiger partial charge in [-0.2, -0.15) is 0 Å². The zero-order valence-corrected chi connectivity index (χ0v) is 18.5. The van der Waals surface area contributed by atoms with Crippen LogP contribution in [0.25, 0.3) is 0 Å². The van der Waals surface area contributed by atoms with Crippen LogP contribution in [0.15, 0.2) is 0 Å². The van der Waals surface area contributed by atoms with Crippen LogP contribution >= 0.6 is 0 Å². The lowest BCUT2D eigenvalue weighted by Crippen LogP contribution is -2.73. The van der Waals surface area contributed by atoms with Crippen LogP contribution in [0.3, 0.4) is 0 Å². The van der Waals surface area contributed by atoms with Crippen LogP contribution in [0.4, 0.5) is 0 Å². The summed E-state index contributed by atoms with van der Waals surface area (Å²) in [5.41, 5.74) is -1.71. The Morgan fingerprint density at radius 1 is 0.900 bits per heavy atom. The summed E-state index contributed by atoms with van der Waals surface area (Å²) >= 11 is 0. The molecule has 1 aliphatic heterocycles. The molecule has 1 amide bonds. The van der Waals surface area contributed by atoms with Gasteiger partial charge in [0, 0.05) is 19.4 Å². The lowest BCUT2D eigenvalue weighted by molar-refractivity contribution is -0.286. The Morgan fingerprint density at radius 2 is 1.43 bits per heavy atom. The number of aliphatic hydroxyl groups is 5. The quantitative estimate of drug-likeness (QED) is 0.202. The van der Waals surface area contributed by atoms with E-state index in [1.807, 2.05) is 0 Å². The highest BCUT2D eigenvalue weighted by atomic mass is 16.6. The van der Waals surface area contributed by atoms with Crippen molar-refractivity contribution in [3.05, 3.63) is 0 Å². The summed E-state index contributed by atoms with van der Waals surface area (Å²) in [7, 11) is 0. The van der Waals surface area contributed by atoms with E-state index in [0.717, 1.165) is 19.3 Å². The molecule has 1 aliphatic rings. The first-order valence-corrected chi connectivity index (χ1v) is 11.6. The van der Waals surface area contributed by atoms with Gasteiger partial charge < -0.3 is 35.6 Å². The standard InChI is InChI=1S/C22H43NO7/c1-2-3-4-5-6-7-8-9-10-11-12-13-18(26)23-22(14-15-24)20(28)19(27)17(16-25)30-21(22)29/h17,19-21,24-25,27-29H,2-16H2,1H3,(H,23,26)/t17-,19-,20+,21+,22?/m1/s1. The molecule has 0 radical (unpaired) electrons. The van der Waals surface area contributed by atoms with Gasteiger partial charge in [0.25, 0.3) is 0 Å². The first kappa shape index (κ1) is 27.3. The summed E-state index contributed by atoms with van der Waals surface area (Å²) < 4.78 is 5.17. The second-order valence-electron chi connectivity index (χ2n) is 8.49. The van der Waals surface area contributed by atoms with Gasteiger partial charge in [-0.1, -0.05) is 71.1 Å². The zero-order valence-electron chi connectivity index (χ0n) is 18.5. The lowest BCUT2D eigenvalue weighted by Gasteiger charge is -2.49. The lowest BCUT2D eigenvalue weighted by atomic mass is 9.80. The summed E-state index contributed by atoms with van der Waals surface area (Å²) in [5.74, 6) is -0.379. The van der Waals surface area contributed by atoms with Crippen molar-refractivity contribution in [3.8, 4) is 0 Å². The maximum Gasteiger partial charge on any atom is 0.220 e. The van der Waals surface area contributed by atoms with E-state index in [2.05, 4.69) is 12.2 Å². The Hall–Kier alpha value is -0.770. The van der Waals surface area contributed by atoms with Crippen LogP contribution in [-0.4, -0.2) is 74.8 Å². The molecule has 5 atom stereocenters. The van der Waals surface area contributed by atoms with Gasteiger partial charge in [-0.25, -0.2) is 0 Å². The van der Waals surface area contributed by atoms with Crippen LogP contribution in [0.5, 0.6) is 0 Å². The van der Waals surface area contributed by atoms with E-state index < -0.39 is 43.4 Å². The molecule has 1 saturated heterocycles. The van der Waals surface area contributed by atoms with E-state index in [-0.39, 0.29) is 18.7 Å². The van der Waals surface area contributed by atoms with Crippen molar-refractivity contribution in [1.82, 2.24) is 5.32 Å². The van der Waals surface area contributed by atoms with Crippen molar-refractivity contribution in [1.29, 1.82) is 0 Å². The van der Waals surface area contributed by atoms with E-state index in [4.69, 9.17) is 4.74 Å².